The highest BCUT2D eigenvalue weighted by Crippen LogP contribution is 2.38. The third-order valence-corrected chi connectivity index (χ3v) is 4.41. The van der Waals surface area contributed by atoms with Crippen LogP contribution in [0.4, 0.5) is 0 Å². The van der Waals surface area contributed by atoms with Crippen LogP contribution in [0.3, 0.4) is 0 Å². The van der Waals surface area contributed by atoms with Crippen LogP contribution in [0.15, 0.2) is 10.5 Å². The van der Waals surface area contributed by atoms with Gasteiger partial charge in [0.15, 0.2) is 0 Å². The molecule has 0 saturated heterocycles. The minimum Gasteiger partial charge on any atom is -0.495 e. The number of carboxylic acids is 1. The molecule has 1 atom stereocenters. The quantitative estimate of drug-likeness (QED) is 0.889. The van der Waals surface area contributed by atoms with Crippen LogP contribution in [0.5, 0.6) is 5.75 Å². The van der Waals surface area contributed by atoms with Crippen molar-refractivity contribution in [1.29, 1.82) is 0 Å². The molecule has 0 fully saturated rings. The van der Waals surface area contributed by atoms with E-state index in [1.54, 1.807) is 7.11 Å². The molecule has 0 heterocycles. The molecule has 3 N–H and O–H groups in total. The summed E-state index contributed by atoms with van der Waals surface area (Å²) in [5.41, 5.74) is 9.07. The van der Waals surface area contributed by atoms with Crippen LogP contribution in [0.1, 0.15) is 29.5 Å². The van der Waals surface area contributed by atoms with Crippen molar-refractivity contribution in [2.24, 2.45) is 5.73 Å². The number of nitrogens with two attached hydrogens (primary N) is 1. The molecular formula is C14H18BrNO3. The molecule has 0 bridgehead atoms. The molecule has 1 aromatic rings. The van der Waals surface area contributed by atoms with Crippen molar-refractivity contribution in [3.05, 3.63) is 27.2 Å². The van der Waals surface area contributed by atoms with Crippen molar-refractivity contribution in [2.45, 2.75) is 38.1 Å². The van der Waals surface area contributed by atoms with Crippen molar-refractivity contribution in [1.82, 2.24) is 0 Å². The molecule has 1 aromatic carbocycles. The Labute approximate surface area is 121 Å². The van der Waals surface area contributed by atoms with E-state index < -0.39 is 12.0 Å². The lowest BCUT2D eigenvalue weighted by molar-refractivity contribution is -0.138. The van der Waals surface area contributed by atoms with E-state index in [0.717, 1.165) is 28.6 Å². The van der Waals surface area contributed by atoms with E-state index in [9.17, 15) is 4.79 Å². The number of hydrogen-bond donors (Lipinski definition) is 2. The highest BCUT2D eigenvalue weighted by Gasteiger charge is 2.22. The molecule has 1 unspecified atom stereocenters. The molecule has 0 aliphatic heterocycles. The van der Waals surface area contributed by atoms with Crippen LogP contribution >= 0.6 is 15.9 Å². The topological polar surface area (TPSA) is 72.5 Å². The molecule has 0 amide bonds. The van der Waals surface area contributed by atoms with Gasteiger partial charge in [0.1, 0.15) is 11.8 Å². The van der Waals surface area contributed by atoms with Crippen molar-refractivity contribution in [3.63, 3.8) is 0 Å². The van der Waals surface area contributed by atoms with E-state index in [-0.39, 0.29) is 6.42 Å². The van der Waals surface area contributed by atoms with Crippen LogP contribution < -0.4 is 10.5 Å². The first-order valence-electron chi connectivity index (χ1n) is 6.40. The Morgan fingerprint density at radius 2 is 2.21 bits per heavy atom. The number of carboxylic acid groups (broad SMARTS) is 1. The number of ether oxygens (including phenoxy) is 1. The summed E-state index contributed by atoms with van der Waals surface area (Å²) >= 11 is 3.59. The third-order valence-electron chi connectivity index (χ3n) is 3.58. The number of halogens is 1. The summed E-state index contributed by atoms with van der Waals surface area (Å²) < 4.78 is 6.39. The molecular weight excluding hydrogens is 310 g/mol. The highest BCUT2D eigenvalue weighted by atomic mass is 79.9. The summed E-state index contributed by atoms with van der Waals surface area (Å²) in [5.74, 6) is -0.270. The monoisotopic (exact) mass is 327 g/mol. The smallest absolute Gasteiger partial charge is 0.320 e. The Kier molecular flexibility index (Phi) is 4.47. The van der Waals surface area contributed by atoms with Crippen molar-refractivity contribution in [3.8, 4) is 5.75 Å². The van der Waals surface area contributed by atoms with Gasteiger partial charge in [-0.1, -0.05) is 6.07 Å². The van der Waals surface area contributed by atoms with Crippen molar-refractivity contribution < 1.29 is 14.6 Å². The van der Waals surface area contributed by atoms with Gasteiger partial charge in [-0.05, 0) is 58.3 Å². The second kappa shape index (κ2) is 5.92. The van der Waals surface area contributed by atoms with Crippen LogP contribution in [0.2, 0.25) is 0 Å². The minimum absolute atomic E-state index is 0.282. The Hall–Kier alpha value is -1.07. The molecule has 4 nitrogen and oxygen atoms in total. The van der Waals surface area contributed by atoms with Gasteiger partial charge in [0, 0.05) is 6.42 Å². The van der Waals surface area contributed by atoms with Gasteiger partial charge in [-0.2, -0.15) is 0 Å². The number of methoxy groups -OCH3 is 1. The van der Waals surface area contributed by atoms with E-state index in [4.69, 9.17) is 15.6 Å². The Balaban J connectivity index is 2.42. The molecule has 19 heavy (non-hydrogen) atoms. The van der Waals surface area contributed by atoms with Crippen molar-refractivity contribution in [2.75, 3.05) is 7.11 Å². The summed E-state index contributed by atoms with van der Waals surface area (Å²) in [5, 5.41) is 8.94. The Bertz CT molecular complexity index is 502. The average molecular weight is 328 g/mol. The molecule has 0 spiro atoms. The third kappa shape index (κ3) is 2.92. The zero-order chi connectivity index (χ0) is 14.0. The molecule has 0 aromatic heterocycles. The maximum absolute atomic E-state index is 10.9. The number of aliphatic carboxylic acids is 1. The van der Waals surface area contributed by atoms with Crippen molar-refractivity contribution >= 4 is 21.9 Å². The molecule has 104 valence electrons. The van der Waals surface area contributed by atoms with Crippen LogP contribution in [0, 0.1) is 0 Å². The van der Waals surface area contributed by atoms with Gasteiger partial charge in [0.25, 0.3) is 0 Å². The maximum atomic E-state index is 10.9. The zero-order valence-corrected chi connectivity index (χ0v) is 12.5. The molecule has 0 radical (unpaired) electrons. The first kappa shape index (κ1) is 14.3. The number of benzene rings is 1. The molecule has 1 aliphatic rings. The largest absolute Gasteiger partial charge is 0.495 e. The molecule has 2 rings (SSSR count). The fourth-order valence-electron chi connectivity index (χ4n) is 2.59. The lowest BCUT2D eigenvalue weighted by atomic mass is 9.88. The maximum Gasteiger partial charge on any atom is 0.320 e. The zero-order valence-electron chi connectivity index (χ0n) is 10.9. The van der Waals surface area contributed by atoms with E-state index in [0.29, 0.717) is 0 Å². The summed E-state index contributed by atoms with van der Waals surface area (Å²) in [6.45, 7) is 0. The fraction of sp³-hybridized carbons (Fsp3) is 0.500. The number of rotatable bonds is 4. The normalized spacial score (nSPS) is 15.7. The summed E-state index contributed by atoms with van der Waals surface area (Å²) in [7, 11) is 1.60. The van der Waals surface area contributed by atoms with Gasteiger partial charge in [0.2, 0.25) is 0 Å². The average Bonchev–Trinajstić information content (AvgIpc) is 2.39. The Morgan fingerprint density at radius 1 is 1.53 bits per heavy atom. The van der Waals surface area contributed by atoms with E-state index >= 15 is 0 Å². The number of aryl methyl sites for hydroxylation is 1. The lowest BCUT2D eigenvalue weighted by Gasteiger charge is -2.22. The van der Waals surface area contributed by atoms with Gasteiger partial charge < -0.3 is 15.6 Å². The van der Waals surface area contributed by atoms with Crippen LogP contribution in [-0.2, 0) is 24.1 Å². The van der Waals surface area contributed by atoms with Gasteiger partial charge in [0.05, 0.1) is 11.6 Å². The van der Waals surface area contributed by atoms with Gasteiger partial charge >= 0.3 is 5.97 Å². The predicted molar refractivity (Wildman–Crippen MR) is 76.7 cm³/mol. The number of carbonyl (C=O) groups is 1. The SMILES string of the molecule is COc1c(CC(N)C(=O)O)cc2c(c1Br)CCCC2. The van der Waals surface area contributed by atoms with Gasteiger partial charge in [-0.15, -0.1) is 0 Å². The summed E-state index contributed by atoms with van der Waals surface area (Å²) in [4.78, 5) is 10.9. The second-order valence-corrected chi connectivity index (χ2v) is 5.67. The highest BCUT2D eigenvalue weighted by molar-refractivity contribution is 9.10. The Morgan fingerprint density at radius 3 is 2.84 bits per heavy atom. The second-order valence-electron chi connectivity index (χ2n) is 4.88. The summed E-state index contributed by atoms with van der Waals surface area (Å²) in [6, 6.07) is 1.16. The molecule has 1 aliphatic carbocycles. The molecule has 5 heteroatoms. The summed E-state index contributed by atoms with van der Waals surface area (Å²) in [6.07, 6.45) is 4.72. The fourth-order valence-corrected chi connectivity index (χ4v) is 3.46. The van der Waals surface area contributed by atoms with Gasteiger partial charge in [-0.3, -0.25) is 4.79 Å². The first-order valence-corrected chi connectivity index (χ1v) is 7.19. The lowest BCUT2D eigenvalue weighted by Crippen LogP contribution is -2.32. The standard InChI is InChI=1S/C14H18BrNO3/c1-19-13-9(7-11(16)14(17)18)6-8-4-2-3-5-10(8)12(13)15/h6,11H,2-5,7,16H2,1H3,(H,17,18). The van der Waals surface area contributed by atoms with E-state index in [2.05, 4.69) is 22.0 Å². The van der Waals surface area contributed by atoms with E-state index in [1.807, 2.05) is 0 Å². The number of hydrogen-bond acceptors (Lipinski definition) is 3. The molecule has 0 saturated carbocycles. The van der Waals surface area contributed by atoms with Gasteiger partial charge in [-0.25, -0.2) is 0 Å². The minimum atomic E-state index is -0.990. The van der Waals surface area contributed by atoms with Crippen LogP contribution in [-0.4, -0.2) is 24.2 Å². The predicted octanol–water partition coefficient (Wildman–Crippen LogP) is 2.29. The van der Waals surface area contributed by atoms with Crippen LogP contribution in [0.25, 0.3) is 0 Å². The number of fused-ring (bicyclic) bond motifs is 1. The van der Waals surface area contributed by atoms with E-state index in [1.165, 1.54) is 24.0 Å². The first-order chi connectivity index (χ1) is 9.04.